The number of anilines is 3. The van der Waals surface area contributed by atoms with Crippen LogP contribution < -0.4 is 4.90 Å². The molecule has 0 spiro atoms. The Labute approximate surface area is 367 Å². The third-order valence-electron chi connectivity index (χ3n) is 13.2. The molecular weight excluding hydrogens is 765 g/mol. The Hall–Kier alpha value is -7.82. The predicted octanol–water partition coefficient (Wildman–Crippen LogP) is 15.7. The SMILES string of the molecule is CC1(C)c2ccccc2-c2ccc(-c3cccc4nc(-c5ccccc5)c(-c5ccc(N(c6ccccc6)c6ccc7c(c6)c6ccccc6n7C6=CC=CCC6)cc5)nc34)cc21. The van der Waals surface area contributed by atoms with Crippen LogP contribution >= 0.6 is 0 Å². The molecule has 0 atom stereocenters. The first-order valence-corrected chi connectivity index (χ1v) is 22.0. The van der Waals surface area contributed by atoms with Crippen molar-refractivity contribution < 1.29 is 0 Å². The number of hydrogen-bond acceptors (Lipinski definition) is 3. The van der Waals surface area contributed by atoms with E-state index in [0.717, 1.165) is 74.6 Å². The van der Waals surface area contributed by atoms with Crippen LogP contribution in [0.5, 0.6) is 0 Å². The van der Waals surface area contributed by atoms with Gasteiger partial charge in [-0.1, -0.05) is 153 Å². The Balaban J connectivity index is 0.990. The molecule has 0 aliphatic heterocycles. The quantitative estimate of drug-likeness (QED) is 0.161. The summed E-state index contributed by atoms with van der Waals surface area (Å²) in [5.74, 6) is 0. The minimum atomic E-state index is -0.103. The van der Waals surface area contributed by atoms with Gasteiger partial charge in [0.25, 0.3) is 0 Å². The highest BCUT2D eigenvalue weighted by Crippen LogP contribution is 2.50. The third-order valence-corrected chi connectivity index (χ3v) is 13.2. The summed E-state index contributed by atoms with van der Waals surface area (Å²) >= 11 is 0. The van der Waals surface area contributed by atoms with Crippen molar-refractivity contribution in [2.75, 3.05) is 4.90 Å². The number of para-hydroxylation sites is 3. The minimum Gasteiger partial charge on any atom is -0.313 e. The number of benzene rings is 8. The maximum atomic E-state index is 5.58. The van der Waals surface area contributed by atoms with Crippen molar-refractivity contribution in [1.82, 2.24) is 14.5 Å². The summed E-state index contributed by atoms with van der Waals surface area (Å²) in [6.07, 6.45) is 8.77. The average molecular weight is 809 g/mol. The van der Waals surface area contributed by atoms with Crippen LogP contribution in [0.3, 0.4) is 0 Å². The number of hydrogen-bond donors (Lipinski definition) is 0. The van der Waals surface area contributed by atoms with Gasteiger partial charge in [0, 0.05) is 55.6 Å². The van der Waals surface area contributed by atoms with Crippen molar-refractivity contribution in [3.63, 3.8) is 0 Å². The highest BCUT2D eigenvalue weighted by atomic mass is 15.1. The van der Waals surface area contributed by atoms with Crippen LogP contribution in [0, 0.1) is 0 Å². The number of nitrogens with zero attached hydrogens (tertiary/aromatic N) is 4. The molecule has 2 aliphatic rings. The smallest absolute Gasteiger partial charge is 0.0973 e. The summed E-state index contributed by atoms with van der Waals surface area (Å²) in [6.45, 7) is 4.67. The van der Waals surface area contributed by atoms with Gasteiger partial charge in [0.2, 0.25) is 0 Å². The van der Waals surface area contributed by atoms with E-state index in [1.165, 1.54) is 49.8 Å². The van der Waals surface area contributed by atoms with E-state index in [2.05, 4.69) is 230 Å². The first kappa shape index (κ1) is 37.0. The molecule has 0 N–H and O–H groups in total. The van der Waals surface area contributed by atoms with Crippen molar-refractivity contribution in [2.45, 2.75) is 32.1 Å². The lowest BCUT2D eigenvalue weighted by Crippen LogP contribution is -2.14. The Morgan fingerprint density at radius 2 is 1.14 bits per heavy atom. The fourth-order valence-corrected chi connectivity index (χ4v) is 10.2. The van der Waals surface area contributed by atoms with Crippen molar-refractivity contribution in [2.24, 2.45) is 0 Å². The van der Waals surface area contributed by atoms with E-state index in [0.29, 0.717) is 0 Å². The van der Waals surface area contributed by atoms with Crippen LogP contribution in [0.1, 0.15) is 37.8 Å². The standard InChI is InChI=1S/C59H44N4/c1-59(2)51-26-14-12-23-47(51)48-35-31-41(37-52(48)59)46-25-16-27-53-58(46)61-57(56(60-53)39-17-6-3-7-18-39)40-29-32-44(33-30-40)62(42-19-8-4-9-20-42)45-34-36-55-50(38-45)49-24-13-15-28-54(49)63(55)43-21-10-5-11-22-43/h3-10,12-21,23-38H,11,22H2,1-2H3. The lowest BCUT2D eigenvalue weighted by Gasteiger charge is -2.26. The van der Waals surface area contributed by atoms with Gasteiger partial charge in [-0.2, -0.15) is 0 Å². The number of fused-ring (bicyclic) bond motifs is 7. The van der Waals surface area contributed by atoms with Crippen LogP contribution in [-0.4, -0.2) is 14.5 Å². The van der Waals surface area contributed by atoms with Crippen LogP contribution in [0.4, 0.5) is 17.1 Å². The molecular formula is C59H44N4. The molecule has 0 amide bonds. The minimum absolute atomic E-state index is 0.103. The number of aromatic nitrogens is 3. The molecule has 4 heteroatoms. The van der Waals surface area contributed by atoms with E-state index >= 15 is 0 Å². The molecule has 0 fully saturated rings. The van der Waals surface area contributed by atoms with Crippen molar-refractivity contribution >= 4 is 55.6 Å². The van der Waals surface area contributed by atoms with Crippen LogP contribution in [0.15, 0.2) is 206 Å². The molecule has 0 saturated heterocycles. The molecule has 4 nitrogen and oxygen atoms in total. The fraction of sp³-hybridized carbons (Fsp3) is 0.0847. The first-order valence-electron chi connectivity index (χ1n) is 22.0. The Kier molecular flexibility index (Phi) is 8.62. The zero-order chi connectivity index (χ0) is 42.1. The van der Waals surface area contributed by atoms with Crippen LogP contribution in [0.2, 0.25) is 0 Å². The van der Waals surface area contributed by atoms with Gasteiger partial charge in [-0.3, -0.25) is 0 Å². The molecule has 300 valence electrons. The summed E-state index contributed by atoms with van der Waals surface area (Å²) in [5, 5.41) is 2.49. The van der Waals surface area contributed by atoms with Gasteiger partial charge in [-0.05, 0) is 107 Å². The van der Waals surface area contributed by atoms with E-state index in [1.54, 1.807) is 0 Å². The second-order valence-corrected chi connectivity index (χ2v) is 17.3. The van der Waals surface area contributed by atoms with Crippen LogP contribution in [-0.2, 0) is 5.41 Å². The van der Waals surface area contributed by atoms with Gasteiger partial charge in [-0.15, -0.1) is 0 Å². The Morgan fingerprint density at radius 3 is 1.97 bits per heavy atom. The molecule has 8 aromatic carbocycles. The third kappa shape index (κ3) is 6.05. The van der Waals surface area contributed by atoms with Crippen molar-refractivity contribution in [3.8, 4) is 44.8 Å². The van der Waals surface area contributed by atoms with Crippen LogP contribution in [0.25, 0.3) is 83.3 Å². The highest BCUT2D eigenvalue weighted by Gasteiger charge is 2.35. The summed E-state index contributed by atoms with van der Waals surface area (Å²) < 4.78 is 2.45. The zero-order valence-corrected chi connectivity index (χ0v) is 35.3. The lowest BCUT2D eigenvalue weighted by molar-refractivity contribution is 0.660. The Morgan fingerprint density at radius 1 is 0.492 bits per heavy atom. The molecule has 2 heterocycles. The summed E-state index contributed by atoms with van der Waals surface area (Å²) in [5.41, 5.74) is 20.0. The second kappa shape index (κ2) is 14.7. The molecule has 12 rings (SSSR count). The normalized spacial score (nSPS) is 13.9. The maximum absolute atomic E-state index is 5.58. The monoisotopic (exact) mass is 808 g/mol. The van der Waals surface area contributed by atoms with Gasteiger partial charge in [0.1, 0.15) is 0 Å². The summed E-state index contributed by atoms with van der Waals surface area (Å²) in [6, 6.07) is 67.8. The molecule has 2 aliphatic carbocycles. The van der Waals surface area contributed by atoms with E-state index in [4.69, 9.17) is 9.97 Å². The molecule has 0 unspecified atom stereocenters. The molecule has 2 aromatic heterocycles. The van der Waals surface area contributed by atoms with Gasteiger partial charge in [0.15, 0.2) is 0 Å². The second-order valence-electron chi connectivity index (χ2n) is 17.3. The highest BCUT2D eigenvalue weighted by molar-refractivity contribution is 6.11. The van der Waals surface area contributed by atoms with Gasteiger partial charge >= 0.3 is 0 Å². The lowest BCUT2D eigenvalue weighted by atomic mass is 9.81. The molecule has 0 radical (unpaired) electrons. The summed E-state index contributed by atoms with van der Waals surface area (Å²) in [7, 11) is 0. The van der Waals surface area contributed by atoms with Gasteiger partial charge in [0.05, 0.1) is 33.5 Å². The van der Waals surface area contributed by atoms with Crippen molar-refractivity contribution in [1.29, 1.82) is 0 Å². The first-order chi connectivity index (χ1) is 31.0. The molecule has 63 heavy (non-hydrogen) atoms. The van der Waals surface area contributed by atoms with Crippen molar-refractivity contribution in [3.05, 3.63) is 217 Å². The number of rotatable bonds is 7. The fourth-order valence-electron chi connectivity index (χ4n) is 10.2. The summed E-state index contributed by atoms with van der Waals surface area (Å²) in [4.78, 5) is 13.3. The zero-order valence-electron chi connectivity index (χ0n) is 35.3. The van der Waals surface area contributed by atoms with Gasteiger partial charge in [-0.25, -0.2) is 9.97 Å². The average Bonchev–Trinajstić information content (AvgIpc) is 3.79. The maximum Gasteiger partial charge on any atom is 0.0973 e. The molecule has 10 aromatic rings. The van der Waals surface area contributed by atoms with E-state index < -0.39 is 0 Å². The Bertz CT molecular complexity index is 3470. The molecule has 0 bridgehead atoms. The number of allylic oxidation sites excluding steroid dienone is 4. The topological polar surface area (TPSA) is 34.0 Å². The largest absolute Gasteiger partial charge is 0.313 e. The van der Waals surface area contributed by atoms with E-state index in [-0.39, 0.29) is 5.41 Å². The van der Waals surface area contributed by atoms with Gasteiger partial charge < -0.3 is 9.47 Å². The van der Waals surface area contributed by atoms with E-state index in [9.17, 15) is 0 Å². The van der Waals surface area contributed by atoms with E-state index in [1.807, 2.05) is 0 Å². The predicted molar refractivity (Wildman–Crippen MR) is 264 cm³/mol. The molecule has 0 saturated carbocycles.